The van der Waals surface area contributed by atoms with Crippen molar-refractivity contribution in [3.05, 3.63) is 52.8 Å². The number of carbonyl (C=O) groups is 1. The molecule has 0 radical (unpaired) electrons. The molecule has 0 amide bonds. The van der Waals surface area contributed by atoms with E-state index in [4.69, 9.17) is 9.47 Å². The standard InChI is InChI=1S/C19H20FNO4/c1-11(22)18-13(20)5-4-6-14(18)21-9-12-16(24-2)7-8-17(25-3)19(12)15(23)10-21/h4-8,15,23H,9-10H2,1-3H3/t15-/m1/s1. The zero-order chi connectivity index (χ0) is 18.1. The number of ether oxygens (including phenoxy) is 2. The van der Waals surface area contributed by atoms with Crippen molar-refractivity contribution in [2.75, 3.05) is 25.7 Å². The van der Waals surface area contributed by atoms with Crippen molar-refractivity contribution in [2.45, 2.75) is 19.6 Å². The number of fused-ring (bicyclic) bond motifs is 1. The molecule has 0 aliphatic carbocycles. The molecule has 1 N–H and O–H groups in total. The van der Waals surface area contributed by atoms with Gasteiger partial charge in [-0.1, -0.05) is 6.07 Å². The van der Waals surface area contributed by atoms with Crippen LogP contribution >= 0.6 is 0 Å². The van der Waals surface area contributed by atoms with Gasteiger partial charge in [0.25, 0.3) is 0 Å². The van der Waals surface area contributed by atoms with Crippen molar-refractivity contribution in [1.29, 1.82) is 0 Å². The second-order valence-electron chi connectivity index (χ2n) is 5.95. The number of hydrogen-bond acceptors (Lipinski definition) is 5. The lowest BCUT2D eigenvalue weighted by Gasteiger charge is -2.36. The van der Waals surface area contributed by atoms with Crippen LogP contribution in [0.3, 0.4) is 0 Å². The highest BCUT2D eigenvalue weighted by molar-refractivity contribution is 6.00. The maximum absolute atomic E-state index is 14.2. The van der Waals surface area contributed by atoms with E-state index in [0.29, 0.717) is 29.3 Å². The van der Waals surface area contributed by atoms with Crippen LogP contribution in [0.5, 0.6) is 11.5 Å². The highest BCUT2D eigenvalue weighted by atomic mass is 19.1. The Labute approximate surface area is 145 Å². The number of Topliss-reactive ketones (excluding diaryl/α,β-unsaturated/α-hetero) is 1. The van der Waals surface area contributed by atoms with Crippen molar-refractivity contribution >= 4 is 11.5 Å². The van der Waals surface area contributed by atoms with E-state index in [1.807, 2.05) is 0 Å². The Kier molecular flexibility index (Phi) is 4.63. The number of rotatable bonds is 4. The Morgan fingerprint density at radius 2 is 1.88 bits per heavy atom. The van der Waals surface area contributed by atoms with Gasteiger partial charge in [-0.15, -0.1) is 0 Å². The average Bonchev–Trinajstić information content (AvgIpc) is 2.60. The third-order valence-electron chi connectivity index (χ3n) is 4.47. The van der Waals surface area contributed by atoms with Crippen molar-refractivity contribution in [3.63, 3.8) is 0 Å². The number of β-amino-alcohol motifs (C(OH)–C–C–N with tert-alkyl or cyclic N) is 1. The first-order valence-corrected chi connectivity index (χ1v) is 7.94. The van der Waals surface area contributed by atoms with Crippen molar-refractivity contribution in [2.24, 2.45) is 0 Å². The van der Waals surface area contributed by atoms with E-state index in [1.165, 1.54) is 13.0 Å². The van der Waals surface area contributed by atoms with Gasteiger partial charge in [-0.25, -0.2) is 4.39 Å². The summed E-state index contributed by atoms with van der Waals surface area (Å²) in [6.07, 6.45) is -0.850. The van der Waals surface area contributed by atoms with Crippen LogP contribution in [0, 0.1) is 5.82 Å². The summed E-state index contributed by atoms with van der Waals surface area (Å²) in [6.45, 7) is 1.93. The fourth-order valence-electron chi connectivity index (χ4n) is 3.38. The molecule has 25 heavy (non-hydrogen) atoms. The van der Waals surface area contributed by atoms with Crippen molar-refractivity contribution in [1.82, 2.24) is 0 Å². The van der Waals surface area contributed by atoms with Gasteiger partial charge in [-0.05, 0) is 31.2 Å². The van der Waals surface area contributed by atoms with Crippen molar-refractivity contribution < 1.29 is 23.8 Å². The van der Waals surface area contributed by atoms with Crippen LogP contribution in [-0.2, 0) is 6.54 Å². The predicted octanol–water partition coefficient (Wildman–Crippen LogP) is 3.10. The first-order valence-electron chi connectivity index (χ1n) is 7.94. The number of halogens is 1. The summed E-state index contributed by atoms with van der Waals surface area (Å²) in [5.74, 6) is 0.267. The normalized spacial score (nSPS) is 16.4. The number of hydrogen-bond donors (Lipinski definition) is 1. The summed E-state index contributed by atoms with van der Waals surface area (Å²) >= 11 is 0. The van der Waals surface area contributed by atoms with Crippen LogP contribution in [-0.4, -0.2) is 31.7 Å². The largest absolute Gasteiger partial charge is 0.496 e. The fourth-order valence-corrected chi connectivity index (χ4v) is 3.38. The zero-order valence-corrected chi connectivity index (χ0v) is 14.4. The fraction of sp³-hybridized carbons (Fsp3) is 0.316. The third kappa shape index (κ3) is 2.93. The van der Waals surface area contributed by atoms with Gasteiger partial charge in [-0.2, -0.15) is 0 Å². The smallest absolute Gasteiger partial charge is 0.164 e. The van der Waals surface area contributed by atoms with E-state index in [1.54, 1.807) is 43.4 Å². The zero-order valence-electron chi connectivity index (χ0n) is 14.4. The van der Waals surface area contributed by atoms with Gasteiger partial charge in [0.15, 0.2) is 5.78 Å². The van der Waals surface area contributed by atoms with E-state index >= 15 is 0 Å². The van der Waals surface area contributed by atoms with E-state index in [2.05, 4.69) is 0 Å². The maximum atomic E-state index is 14.2. The number of benzene rings is 2. The minimum Gasteiger partial charge on any atom is -0.496 e. The summed E-state index contributed by atoms with van der Waals surface area (Å²) in [5, 5.41) is 10.7. The van der Waals surface area contributed by atoms with Gasteiger partial charge in [-0.3, -0.25) is 4.79 Å². The first-order chi connectivity index (χ1) is 12.0. The number of ketones is 1. The van der Waals surface area contributed by atoms with E-state index in [-0.39, 0.29) is 17.9 Å². The number of carbonyl (C=O) groups excluding carboxylic acids is 1. The van der Waals surface area contributed by atoms with Crippen LogP contribution in [0.2, 0.25) is 0 Å². The molecule has 6 heteroatoms. The number of nitrogens with zero attached hydrogens (tertiary/aromatic N) is 1. The molecule has 2 aromatic rings. The molecule has 0 saturated heterocycles. The molecule has 0 spiro atoms. The van der Waals surface area contributed by atoms with Gasteiger partial charge in [0.2, 0.25) is 0 Å². The van der Waals surface area contributed by atoms with E-state index < -0.39 is 11.9 Å². The summed E-state index contributed by atoms with van der Waals surface area (Å²) in [7, 11) is 3.10. The van der Waals surface area contributed by atoms with Crippen LogP contribution in [0.4, 0.5) is 10.1 Å². The second-order valence-corrected chi connectivity index (χ2v) is 5.95. The third-order valence-corrected chi connectivity index (χ3v) is 4.47. The summed E-state index contributed by atoms with van der Waals surface area (Å²) < 4.78 is 24.9. The molecular weight excluding hydrogens is 325 g/mol. The summed E-state index contributed by atoms with van der Waals surface area (Å²) in [4.78, 5) is 13.7. The van der Waals surface area contributed by atoms with Crippen molar-refractivity contribution in [3.8, 4) is 11.5 Å². The molecule has 1 aliphatic rings. The van der Waals surface area contributed by atoms with Crippen LogP contribution in [0.25, 0.3) is 0 Å². The number of methoxy groups -OCH3 is 2. The lowest BCUT2D eigenvalue weighted by Crippen LogP contribution is -2.35. The SMILES string of the molecule is COc1ccc(OC)c2c1CN(c1cccc(F)c1C(C)=O)C[C@H]2O. The Bertz CT molecular complexity index is 821. The van der Waals surface area contributed by atoms with E-state index in [9.17, 15) is 14.3 Å². The molecule has 2 aromatic carbocycles. The van der Waals surface area contributed by atoms with Gasteiger partial charge < -0.3 is 19.5 Å². The maximum Gasteiger partial charge on any atom is 0.164 e. The Morgan fingerprint density at radius 1 is 1.20 bits per heavy atom. The Morgan fingerprint density at radius 3 is 2.52 bits per heavy atom. The second kappa shape index (κ2) is 6.72. The van der Waals surface area contributed by atoms with E-state index in [0.717, 1.165) is 5.56 Å². The molecule has 1 aliphatic heterocycles. The molecule has 0 unspecified atom stereocenters. The minimum absolute atomic E-state index is 0.0278. The number of anilines is 1. The predicted molar refractivity (Wildman–Crippen MR) is 92.0 cm³/mol. The molecule has 0 fully saturated rings. The minimum atomic E-state index is -0.850. The molecule has 0 aromatic heterocycles. The number of aliphatic hydroxyl groups is 1. The molecule has 0 bridgehead atoms. The molecule has 132 valence electrons. The summed E-state index contributed by atoms with van der Waals surface area (Å²) in [6, 6.07) is 8.02. The molecule has 5 nitrogen and oxygen atoms in total. The lowest BCUT2D eigenvalue weighted by molar-refractivity contribution is 0.101. The topological polar surface area (TPSA) is 59.0 Å². The van der Waals surface area contributed by atoms with Crippen LogP contribution in [0.15, 0.2) is 30.3 Å². The van der Waals surface area contributed by atoms with Crippen LogP contribution < -0.4 is 14.4 Å². The molecule has 1 atom stereocenters. The van der Waals surface area contributed by atoms with Gasteiger partial charge in [0.1, 0.15) is 23.4 Å². The summed E-state index contributed by atoms with van der Waals surface area (Å²) in [5.41, 5.74) is 1.92. The highest BCUT2D eigenvalue weighted by Gasteiger charge is 2.31. The Hall–Kier alpha value is -2.60. The van der Waals surface area contributed by atoms with Crippen LogP contribution in [0.1, 0.15) is 34.5 Å². The molecular formula is C19H20FNO4. The molecule has 1 heterocycles. The monoisotopic (exact) mass is 345 g/mol. The highest BCUT2D eigenvalue weighted by Crippen LogP contribution is 2.41. The number of aliphatic hydroxyl groups excluding tert-OH is 1. The quantitative estimate of drug-likeness (QED) is 0.863. The Balaban J connectivity index is 2.11. The van der Waals surface area contributed by atoms with Gasteiger partial charge in [0.05, 0.1) is 25.5 Å². The lowest BCUT2D eigenvalue weighted by atomic mass is 9.94. The molecule has 3 rings (SSSR count). The van der Waals surface area contributed by atoms with Gasteiger partial charge in [0, 0.05) is 24.2 Å². The molecule has 0 saturated carbocycles. The average molecular weight is 345 g/mol. The van der Waals surface area contributed by atoms with Gasteiger partial charge >= 0.3 is 0 Å². The first kappa shape index (κ1) is 17.2.